The van der Waals surface area contributed by atoms with Crippen molar-refractivity contribution >= 4 is 0 Å². The molecule has 2 rings (SSSR count). The number of ether oxygens (including phenoxy) is 2. The van der Waals surface area contributed by atoms with Gasteiger partial charge in [0, 0.05) is 24.6 Å². The van der Waals surface area contributed by atoms with Crippen LogP contribution in [0.4, 0.5) is 4.39 Å². The Labute approximate surface area is 94.6 Å². The van der Waals surface area contributed by atoms with Crippen LogP contribution in [-0.2, 0) is 4.74 Å². The van der Waals surface area contributed by atoms with Gasteiger partial charge in [-0.25, -0.2) is 4.39 Å². The topological polar surface area (TPSA) is 30.5 Å². The van der Waals surface area contributed by atoms with Gasteiger partial charge >= 0.3 is 0 Å². The Balaban J connectivity index is 2.25. The van der Waals surface area contributed by atoms with Gasteiger partial charge in [-0.1, -0.05) is 0 Å². The zero-order valence-corrected chi connectivity index (χ0v) is 9.33. The maximum Gasteiger partial charge on any atom is 0.123 e. The predicted molar refractivity (Wildman–Crippen MR) is 59.4 cm³/mol. The van der Waals surface area contributed by atoms with E-state index in [4.69, 9.17) is 9.47 Å². The van der Waals surface area contributed by atoms with Crippen LogP contribution in [0.15, 0.2) is 18.2 Å². The zero-order valence-electron chi connectivity index (χ0n) is 9.33. The first-order chi connectivity index (χ1) is 7.81. The molecule has 0 aliphatic carbocycles. The molecule has 0 radical (unpaired) electrons. The van der Waals surface area contributed by atoms with E-state index in [-0.39, 0.29) is 11.7 Å². The fraction of sp³-hybridized carbons (Fsp3) is 0.500. The molecule has 1 fully saturated rings. The lowest BCUT2D eigenvalue weighted by molar-refractivity contribution is 0.140. The minimum atomic E-state index is -0.236. The molecule has 16 heavy (non-hydrogen) atoms. The summed E-state index contributed by atoms with van der Waals surface area (Å²) in [6, 6.07) is 4.60. The Morgan fingerprint density at radius 3 is 3.19 bits per heavy atom. The SMILES string of the molecule is COc1ccc(F)cc1C1CNCCOC1. The van der Waals surface area contributed by atoms with Gasteiger partial charge in [0.15, 0.2) is 0 Å². The third-order valence-corrected chi connectivity index (χ3v) is 2.76. The summed E-state index contributed by atoms with van der Waals surface area (Å²) in [6.07, 6.45) is 0. The van der Waals surface area contributed by atoms with Gasteiger partial charge in [-0.15, -0.1) is 0 Å². The number of hydrogen-bond donors (Lipinski definition) is 1. The quantitative estimate of drug-likeness (QED) is 0.828. The monoisotopic (exact) mass is 225 g/mol. The molecular formula is C12H16FNO2. The summed E-state index contributed by atoms with van der Waals surface area (Å²) in [7, 11) is 1.60. The zero-order chi connectivity index (χ0) is 11.4. The van der Waals surface area contributed by atoms with Gasteiger partial charge < -0.3 is 14.8 Å². The Morgan fingerprint density at radius 1 is 1.50 bits per heavy atom. The van der Waals surface area contributed by atoms with Crippen molar-refractivity contribution in [2.75, 3.05) is 33.4 Å². The lowest BCUT2D eigenvalue weighted by Gasteiger charge is -2.17. The second-order valence-corrected chi connectivity index (χ2v) is 3.86. The molecule has 1 aliphatic rings. The molecule has 0 spiro atoms. The molecule has 4 heteroatoms. The maximum absolute atomic E-state index is 13.2. The van der Waals surface area contributed by atoms with Crippen LogP contribution in [-0.4, -0.2) is 33.4 Å². The molecule has 1 heterocycles. The smallest absolute Gasteiger partial charge is 0.123 e. The molecule has 1 aliphatic heterocycles. The molecule has 3 nitrogen and oxygen atoms in total. The van der Waals surface area contributed by atoms with E-state index in [0.717, 1.165) is 24.4 Å². The van der Waals surface area contributed by atoms with Crippen LogP contribution in [0, 0.1) is 5.82 Å². The molecular weight excluding hydrogens is 209 g/mol. The lowest BCUT2D eigenvalue weighted by atomic mass is 9.99. The number of halogens is 1. The summed E-state index contributed by atoms with van der Waals surface area (Å²) in [4.78, 5) is 0. The van der Waals surface area contributed by atoms with Gasteiger partial charge in [-0.2, -0.15) is 0 Å². The highest BCUT2D eigenvalue weighted by Crippen LogP contribution is 2.28. The van der Waals surface area contributed by atoms with Crippen LogP contribution in [0.3, 0.4) is 0 Å². The molecule has 1 aromatic rings. The van der Waals surface area contributed by atoms with Gasteiger partial charge in [-0.05, 0) is 18.2 Å². The maximum atomic E-state index is 13.2. The first-order valence-corrected chi connectivity index (χ1v) is 5.43. The largest absolute Gasteiger partial charge is 0.496 e. The minimum absolute atomic E-state index is 0.146. The highest BCUT2D eigenvalue weighted by atomic mass is 19.1. The van der Waals surface area contributed by atoms with Gasteiger partial charge in [0.25, 0.3) is 0 Å². The van der Waals surface area contributed by atoms with E-state index in [1.807, 2.05) is 0 Å². The van der Waals surface area contributed by atoms with Crippen LogP contribution in [0.1, 0.15) is 11.5 Å². The highest BCUT2D eigenvalue weighted by Gasteiger charge is 2.18. The van der Waals surface area contributed by atoms with E-state index in [0.29, 0.717) is 13.2 Å². The molecule has 1 atom stereocenters. The third-order valence-electron chi connectivity index (χ3n) is 2.76. The van der Waals surface area contributed by atoms with E-state index in [2.05, 4.69) is 5.32 Å². The second-order valence-electron chi connectivity index (χ2n) is 3.86. The summed E-state index contributed by atoms with van der Waals surface area (Å²) < 4.78 is 23.9. The standard InChI is InChI=1S/C12H16FNO2/c1-15-12-3-2-10(13)6-11(12)9-7-14-4-5-16-8-9/h2-3,6,9,14H,4-5,7-8H2,1H3. The van der Waals surface area contributed by atoms with Crippen molar-refractivity contribution in [2.24, 2.45) is 0 Å². The molecule has 1 unspecified atom stereocenters. The molecule has 0 saturated carbocycles. The Morgan fingerprint density at radius 2 is 2.38 bits per heavy atom. The van der Waals surface area contributed by atoms with Crippen LogP contribution < -0.4 is 10.1 Å². The van der Waals surface area contributed by atoms with E-state index >= 15 is 0 Å². The molecule has 1 saturated heterocycles. The third kappa shape index (κ3) is 2.51. The van der Waals surface area contributed by atoms with E-state index < -0.39 is 0 Å². The minimum Gasteiger partial charge on any atom is -0.496 e. The Kier molecular flexibility index (Phi) is 3.74. The second kappa shape index (κ2) is 5.27. The summed E-state index contributed by atoms with van der Waals surface area (Å²) >= 11 is 0. The number of methoxy groups -OCH3 is 1. The molecule has 1 aromatic carbocycles. The van der Waals surface area contributed by atoms with Gasteiger partial charge in [0.1, 0.15) is 11.6 Å². The number of rotatable bonds is 2. The van der Waals surface area contributed by atoms with Crippen molar-refractivity contribution in [3.05, 3.63) is 29.6 Å². The fourth-order valence-electron chi connectivity index (χ4n) is 1.93. The molecule has 0 aromatic heterocycles. The summed E-state index contributed by atoms with van der Waals surface area (Å²) in [5.74, 6) is 0.631. The number of benzene rings is 1. The van der Waals surface area contributed by atoms with Gasteiger partial charge in [-0.3, -0.25) is 0 Å². The van der Waals surface area contributed by atoms with Crippen LogP contribution in [0.5, 0.6) is 5.75 Å². The summed E-state index contributed by atoms with van der Waals surface area (Å²) in [5, 5.41) is 3.26. The average molecular weight is 225 g/mol. The van der Waals surface area contributed by atoms with E-state index in [1.165, 1.54) is 12.1 Å². The highest BCUT2D eigenvalue weighted by molar-refractivity contribution is 5.37. The lowest BCUT2D eigenvalue weighted by Crippen LogP contribution is -2.21. The van der Waals surface area contributed by atoms with Crippen LogP contribution in [0.25, 0.3) is 0 Å². The van der Waals surface area contributed by atoms with Crippen LogP contribution >= 0.6 is 0 Å². The molecule has 0 amide bonds. The van der Waals surface area contributed by atoms with Crippen molar-refractivity contribution in [2.45, 2.75) is 5.92 Å². The predicted octanol–water partition coefficient (Wildman–Crippen LogP) is 1.54. The van der Waals surface area contributed by atoms with Crippen LogP contribution in [0.2, 0.25) is 0 Å². The van der Waals surface area contributed by atoms with E-state index in [9.17, 15) is 4.39 Å². The Hall–Kier alpha value is -1.13. The number of hydrogen-bond acceptors (Lipinski definition) is 3. The first-order valence-electron chi connectivity index (χ1n) is 5.43. The number of nitrogens with one attached hydrogen (secondary N) is 1. The summed E-state index contributed by atoms with van der Waals surface area (Å²) in [6.45, 7) is 2.94. The van der Waals surface area contributed by atoms with Crippen molar-refractivity contribution in [1.82, 2.24) is 5.32 Å². The van der Waals surface area contributed by atoms with Crippen molar-refractivity contribution in [3.8, 4) is 5.75 Å². The van der Waals surface area contributed by atoms with Gasteiger partial charge in [0.05, 0.1) is 20.3 Å². The van der Waals surface area contributed by atoms with Gasteiger partial charge in [0.2, 0.25) is 0 Å². The van der Waals surface area contributed by atoms with E-state index in [1.54, 1.807) is 13.2 Å². The fourth-order valence-corrected chi connectivity index (χ4v) is 1.93. The average Bonchev–Trinajstić information content (AvgIpc) is 2.57. The first kappa shape index (κ1) is 11.4. The van der Waals surface area contributed by atoms with Crippen molar-refractivity contribution in [1.29, 1.82) is 0 Å². The normalized spacial score (nSPS) is 21.5. The molecule has 1 N–H and O–H groups in total. The molecule has 0 bridgehead atoms. The Bertz CT molecular complexity index is 349. The van der Waals surface area contributed by atoms with Crippen molar-refractivity contribution in [3.63, 3.8) is 0 Å². The summed E-state index contributed by atoms with van der Waals surface area (Å²) in [5.41, 5.74) is 0.872. The molecule has 88 valence electrons. The van der Waals surface area contributed by atoms with Crippen molar-refractivity contribution < 1.29 is 13.9 Å².